The predicted octanol–water partition coefficient (Wildman–Crippen LogP) is 2.30. The van der Waals surface area contributed by atoms with Gasteiger partial charge in [0.25, 0.3) is 10.1 Å². The molecule has 18 heavy (non-hydrogen) atoms. The van der Waals surface area contributed by atoms with Gasteiger partial charge in [-0.3, -0.25) is 4.55 Å². The molecule has 0 bridgehead atoms. The molecule has 0 saturated heterocycles. The van der Waals surface area contributed by atoms with Gasteiger partial charge in [0.1, 0.15) is 0 Å². The van der Waals surface area contributed by atoms with Crippen LogP contribution >= 0.6 is 0 Å². The molecule has 0 saturated carbocycles. The summed E-state index contributed by atoms with van der Waals surface area (Å²) in [5.41, 5.74) is 1.66. The first-order valence-electron chi connectivity index (χ1n) is 4.95. The standard InChI is InChI=1S/C12H11NO3S.Ba/c14-17(15,16)12-8-6-11(7-9-12)13-10-4-2-1-3-5-10;/h1-9,13H,(H,14,15,16);. The van der Waals surface area contributed by atoms with Gasteiger partial charge in [-0.1, -0.05) is 18.2 Å². The molecule has 2 radical (unpaired) electrons. The monoisotopic (exact) mass is 387 g/mol. The summed E-state index contributed by atoms with van der Waals surface area (Å²) < 4.78 is 30.5. The largest absolute Gasteiger partial charge is 0.356 e. The number of hydrogen-bond acceptors (Lipinski definition) is 3. The van der Waals surface area contributed by atoms with Crippen LogP contribution in [0.2, 0.25) is 0 Å². The van der Waals surface area contributed by atoms with Gasteiger partial charge in [0, 0.05) is 60.3 Å². The van der Waals surface area contributed by atoms with Crippen LogP contribution in [0.3, 0.4) is 0 Å². The van der Waals surface area contributed by atoms with Crippen molar-refractivity contribution < 1.29 is 13.0 Å². The van der Waals surface area contributed by atoms with Crippen molar-refractivity contribution in [2.75, 3.05) is 5.32 Å². The molecule has 2 N–H and O–H groups in total. The molecule has 0 spiro atoms. The van der Waals surface area contributed by atoms with E-state index in [1.54, 1.807) is 12.1 Å². The zero-order valence-corrected chi connectivity index (χ0v) is 14.8. The van der Waals surface area contributed by atoms with E-state index in [2.05, 4.69) is 5.32 Å². The molecule has 2 aromatic carbocycles. The van der Waals surface area contributed by atoms with Crippen LogP contribution in [-0.2, 0) is 10.1 Å². The summed E-state index contributed by atoms with van der Waals surface area (Å²) >= 11 is 0. The number of para-hydroxylation sites is 1. The van der Waals surface area contributed by atoms with Gasteiger partial charge in [-0.05, 0) is 36.4 Å². The van der Waals surface area contributed by atoms with Crippen molar-refractivity contribution in [2.45, 2.75) is 4.90 Å². The Hall–Kier alpha value is -0.279. The Morgan fingerprint density at radius 1 is 0.833 bits per heavy atom. The van der Waals surface area contributed by atoms with Crippen LogP contribution in [0.15, 0.2) is 59.5 Å². The number of rotatable bonds is 3. The fourth-order valence-corrected chi connectivity index (χ4v) is 1.88. The van der Waals surface area contributed by atoms with Crippen LogP contribution in [0, 0.1) is 0 Å². The molecule has 0 atom stereocenters. The maximum Gasteiger partial charge on any atom is 0.294 e. The zero-order chi connectivity index (χ0) is 12.3. The van der Waals surface area contributed by atoms with Crippen molar-refractivity contribution >= 4 is 70.4 Å². The van der Waals surface area contributed by atoms with E-state index in [4.69, 9.17) is 4.55 Å². The fourth-order valence-electron chi connectivity index (χ4n) is 1.40. The summed E-state index contributed by atoms with van der Waals surface area (Å²) in [5, 5.41) is 3.11. The zero-order valence-electron chi connectivity index (χ0n) is 9.58. The van der Waals surface area contributed by atoms with Gasteiger partial charge in [0.05, 0.1) is 4.90 Å². The first-order valence-corrected chi connectivity index (χ1v) is 6.39. The van der Waals surface area contributed by atoms with E-state index in [-0.39, 0.29) is 53.8 Å². The van der Waals surface area contributed by atoms with Crippen LogP contribution in [0.5, 0.6) is 0 Å². The third-order valence-corrected chi connectivity index (χ3v) is 3.08. The SMILES string of the molecule is O=S(=O)(O)c1ccc(Nc2ccccc2)cc1.[Ba]. The number of anilines is 2. The van der Waals surface area contributed by atoms with Crippen molar-refractivity contribution in [3.8, 4) is 0 Å². The molecule has 0 aliphatic carbocycles. The minimum Gasteiger partial charge on any atom is -0.356 e. The normalized spacial score (nSPS) is 10.5. The van der Waals surface area contributed by atoms with Gasteiger partial charge in [-0.2, -0.15) is 8.42 Å². The Balaban J connectivity index is 0.00000162. The molecule has 90 valence electrons. The van der Waals surface area contributed by atoms with Gasteiger partial charge < -0.3 is 5.32 Å². The molecular weight excluding hydrogens is 376 g/mol. The number of benzene rings is 2. The summed E-state index contributed by atoms with van der Waals surface area (Å²) in [5.74, 6) is 0. The summed E-state index contributed by atoms with van der Waals surface area (Å²) in [6, 6.07) is 15.4. The van der Waals surface area contributed by atoms with E-state index in [0.29, 0.717) is 0 Å². The first kappa shape index (κ1) is 15.8. The Kier molecular flexibility index (Phi) is 5.93. The smallest absolute Gasteiger partial charge is 0.294 e. The van der Waals surface area contributed by atoms with E-state index >= 15 is 0 Å². The maximum atomic E-state index is 10.8. The molecule has 2 aromatic rings. The molecular formula is C12H11BaNO3S. The van der Waals surface area contributed by atoms with E-state index in [1.807, 2.05) is 30.3 Å². The molecule has 0 heterocycles. The summed E-state index contributed by atoms with van der Waals surface area (Å²) in [4.78, 5) is -0.115. The average molecular weight is 387 g/mol. The third-order valence-electron chi connectivity index (χ3n) is 2.21. The average Bonchev–Trinajstić information content (AvgIpc) is 2.30. The Labute approximate surface area is 146 Å². The van der Waals surface area contributed by atoms with Gasteiger partial charge in [-0.15, -0.1) is 0 Å². The Morgan fingerprint density at radius 2 is 1.33 bits per heavy atom. The van der Waals surface area contributed by atoms with Crippen LogP contribution in [-0.4, -0.2) is 61.9 Å². The second-order valence-corrected chi connectivity index (χ2v) is 4.91. The third kappa shape index (κ3) is 4.43. The van der Waals surface area contributed by atoms with Gasteiger partial charge in [0.2, 0.25) is 0 Å². The van der Waals surface area contributed by atoms with Crippen LogP contribution in [0.1, 0.15) is 0 Å². The topological polar surface area (TPSA) is 66.4 Å². The maximum absolute atomic E-state index is 10.8. The van der Waals surface area contributed by atoms with Crippen molar-refractivity contribution in [3.05, 3.63) is 54.6 Å². The van der Waals surface area contributed by atoms with E-state index in [9.17, 15) is 8.42 Å². The molecule has 0 aromatic heterocycles. The van der Waals surface area contributed by atoms with Crippen LogP contribution in [0.4, 0.5) is 11.4 Å². The van der Waals surface area contributed by atoms with Crippen LogP contribution in [0.25, 0.3) is 0 Å². The second-order valence-electron chi connectivity index (χ2n) is 3.49. The van der Waals surface area contributed by atoms with Crippen molar-refractivity contribution in [1.82, 2.24) is 0 Å². The first-order chi connectivity index (χ1) is 8.05. The Morgan fingerprint density at radius 3 is 1.83 bits per heavy atom. The van der Waals surface area contributed by atoms with Crippen LogP contribution < -0.4 is 5.32 Å². The Bertz CT molecular complexity index is 597. The summed E-state index contributed by atoms with van der Waals surface area (Å²) in [6.45, 7) is 0. The molecule has 6 heteroatoms. The van der Waals surface area contributed by atoms with Gasteiger partial charge in [-0.25, -0.2) is 0 Å². The molecule has 0 amide bonds. The van der Waals surface area contributed by atoms with E-state index in [1.165, 1.54) is 12.1 Å². The molecule has 2 rings (SSSR count). The van der Waals surface area contributed by atoms with Crippen molar-refractivity contribution in [1.29, 1.82) is 0 Å². The molecule has 0 unspecified atom stereocenters. The number of hydrogen-bond donors (Lipinski definition) is 2. The fraction of sp³-hybridized carbons (Fsp3) is 0. The number of nitrogens with one attached hydrogen (secondary N) is 1. The van der Waals surface area contributed by atoms with E-state index < -0.39 is 10.1 Å². The predicted molar refractivity (Wildman–Crippen MR) is 71.7 cm³/mol. The van der Waals surface area contributed by atoms with Gasteiger partial charge >= 0.3 is 0 Å². The second kappa shape index (κ2) is 6.76. The molecule has 4 nitrogen and oxygen atoms in total. The summed E-state index contributed by atoms with van der Waals surface area (Å²) in [7, 11) is -4.12. The quantitative estimate of drug-likeness (QED) is 0.627. The molecule has 0 aliphatic heterocycles. The summed E-state index contributed by atoms with van der Waals surface area (Å²) in [6.07, 6.45) is 0. The minimum absolute atomic E-state index is 0. The molecule has 0 aliphatic rings. The molecule has 0 fully saturated rings. The van der Waals surface area contributed by atoms with Crippen molar-refractivity contribution in [2.24, 2.45) is 0 Å². The van der Waals surface area contributed by atoms with Crippen molar-refractivity contribution in [3.63, 3.8) is 0 Å². The van der Waals surface area contributed by atoms with Gasteiger partial charge in [0.15, 0.2) is 0 Å². The minimum atomic E-state index is -4.12. The van der Waals surface area contributed by atoms with E-state index in [0.717, 1.165) is 11.4 Å².